The monoisotopic (exact) mass is 234 g/mol. The smallest absolute Gasteiger partial charge is 0.392 e. The van der Waals surface area contributed by atoms with Gasteiger partial charge in [-0.2, -0.15) is 13.2 Å². The van der Waals surface area contributed by atoms with Gasteiger partial charge in [-0.15, -0.1) is 0 Å². The van der Waals surface area contributed by atoms with E-state index in [1.807, 2.05) is 0 Å². The lowest BCUT2D eigenvalue weighted by Gasteiger charge is -2.13. The van der Waals surface area contributed by atoms with E-state index in [0.29, 0.717) is 5.56 Å². The molecule has 1 atom stereocenters. The number of halogens is 3. The zero-order chi connectivity index (χ0) is 12.2. The van der Waals surface area contributed by atoms with Crippen LogP contribution in [0.4, 0.5) is 13.2 Å². The highest BCUT2D eigenvalue weighted by Crippen LogP contribution is 2.23. The van der Waals surface area contributed by atoms with Gasteiger partial charge in [0.15, 0.2) is 0 Å². The van der Waals surface area contributed by atoms with Crippen molar-refractivity contribution in [1.82, 2.24) is 4.98 Å². The molecule has 1 aromatic rings. The minimum Gasteiger partial charge on any atom is -0.477 e. The van der Waals surface area contributed by atoms with Crippen molar-refractivity contribution in [2.24, 2.45) is 5.73 Å². The normalized spacial score (nSPS) is 13.6. The quantitative estimate of drug-likeness (QED) is 0.870. The molecule has 1 aromatic heterocycles. The predicted molar refractivity (Wildman–Crippen MR) is 53.0 cm³/mol. The number of hydrogen-bond acceptors (Lipinski definition) is 3. The topological polar surface area (TPSA) is 48.1 Å². The molecular weight excluding hydrogens is 221 g/mol. The minimum absolute atomic E-state index is 0.168. The van der Waals surface area contributed by atoms with Gasteiger partial charge in [-0.3, -0.25) is 0 Å². The van der Waals surface area contributed by atoms with Crippen molar-refractivity contribution in [3.05, 3.63) is 23.9 Å². The molecule has 0 saturated heterocycles. The first-order chi connectivity index (χ1) is 7.40. The average molecular weight is 234 g/mol. The van der Waals surface area contributed by atoms with Gasteiger partial charge in [0.25, 0.3) is 0 Å². The number of aromatic nitrogens is 1. The Bertz CT molecular complexity index is 339. The zero-order valence-electron chi connectivity index (χ0n) is 8.79. The maximum absolute atomic E-state index is 11.9. The van der Waals surface area contributed by atoms with E-state index < -0.39 is 19.2 Å². The van der Waals surface area contributed by atoms with E-state index in [4.69, 9.17) is 10.5 Å². The lowest BCUT2D eigenvalue weighted by atomic mass is 10.1. The summed E-state index contributed by atoms with van der Waals surface area (Å²) in [6.07, 6.45) is -3.76. The third-order valence-electron chi connectivity index (χ3n) is 1.92. The molecule has 0 fully saturated rings. The summed E-state index contributed by atoms with van der Waals surface area (Å²) in [6, 6.07) is 3.02. The maximum Gasteiger partial charge on any atom is 0.392 e. The third-order valence-corrected chi connectivity index (χ3v) is 1.92. The second-order valence-corrected chi connectivity index (χ2v) is 3.40. The van der Waals surface area contributed by atoms with Crippen molar-refractivity contribution in [2.45, 2.75) is 25.6 Å². The first-order valence-corrected chi connectivity index (χ1v) is 4.80. The molecule has 0 aliphatic carbocycles. The zero-order valence-corrected chi connectivity index (χ0v) is 8.79. The van der Waals surface area contributed by atoms with E-state index in [1.165, 1.54) is 6.20 Å². The van der Waals surface area contributed by atoms with Crippen molar-refractivity contribution in [3.8, 4) is 5.88 Å². The van der Waals surface area contributed by atoms with Crippen molar-refractivity contribution in [3.63, 3.8) is 0 Å². The molecule has 1 heterocycles. The molecule has 0 aliphatic heterocycles. The van der Waals surface area contributed by atoms with E-state index in [2.05, 4.69) is 4.98 Å². The van der Waals surface area contributed by atoms with Crippen LogP contribution in [-0.4, -0.2) is 17.8 Å². The number of rotatable bonds is 4. The van der Waals surface area contributed by atoms with Crippen LogP contribution in [0.2, 0.25) is 0 Å². The Hall–Kier alpha value is -1.30. The number of nitrogens with two attached hydrogens (primary N) is 1. The Morgan fingerprint density at radius 1 is 1.50 bits per heavy atom. The molecule has 3 nitrogen and oxygen atoms in total. The van der Waals surface area contributed by atoms with Crippen LogP contribution in [0, 0.1) is 0 Å². The highest BCUT2D eigenvalue weighted by molar-refractivity contribution is 5.28. The Morgan fingerprint density at radius 3 is 2.75 bits per heavy atom. The molecule has 16 heavy (non-hydrogen) atoms. The summed E-state index contributed by atoms with van der Waals surface area (Å²) >= 11 is 0. The van der Waals surface area contributed by atoms with E-state index in [9.17, 15) is 13.2 Å². The molecule has 0 unspecified atom stereocenters. The Morgan fingerprint density at radius 2 is 2.19 bits per heavy atom. The SMILES string of the molecule is C[C@H](N)c1cccnc1OCCC(F)(F)F. The van der Waals surface area contributed by atoms with Crippen LogP contribution >= 0.6 is 0 Å². The summed E-state index contributed by atoms with van der Waals surface area (Å²) in [6.45, 7) is 1.27. The van der Waals surface area contributed by atoms with Gasteiger partial charge in [-0.1, -0.05) is 6.07 Å². The number of pyridine rings is 1. The summed E-state index contributed by atoms with van der Waals surface area (Å²) in [5, 5.41) is 0. The van der Waals surface area contributed by atoms with Crippen molar-refractivity contribution in [2.75, 3.05) is 6.61 Å². The lowest BCUT2D eigenvalue weighted by Crippen LogP contribution is -2.15. The van der Waals surface area contributed by atoms with Gasteiger partial charge in [-0.25, -0.2) is 4.98 Å². The number of alkyl halides is 3. The van der Waals surface area contributed by atoms with E-state index in [1.54, 1.807) is 19.1 Å². The predicted octanol–water partition coefficient (Wildman–Crippen LogP) is 2.43. The molecule has 0 bridgehead atoms. The molecule has 2 N–H and O–H groups in total. The van der Waals surface area contributed by atoms with Crippen molar-refractivity contribution >= 4 is 0 Å². The highest BCUT2D eigenvalue weighted by atomic mass is 19.4. The fourth-order valence-electron chi connectivity index (χ4n) is 1.13. The second-order valence-electron chi connectivity index (χ2n) is 3.40. The summed E-state index contributed by atoms with van der Waals surface area (Å²) in [4.78, 5) is 3.85. The van der Waals surface area contributed by atoms with Gasteiger partial charge < -0.3 is 10.5 Å². The molecular formula is C10H13F3N2O. The molecule has 0 spiro atoms. The van der Waals surface area contributed by atoms with Crippen molar-refractivity contribution < 1.29 is 17.9 Å². The number of ether oxygens (including phenoxy) is 1. The standard InChI is InChI=1S/C10H13F3N2O/c1-7(14)8-3-2-5-15-9(8)16-6-4-10(11,12)13/h2-3,5,7H,4,6,14H2,1H3/t7-/m0/s1. The maximum atomic E-state index is 11.9. The van der Waals surface area contributed by atoms with Gasteiger partial charge in [0.05, 0.1) is 13.0 Å². The van der Waals surface area contributed by atoms with E-state index in [-0.39, 0.29) is 11.9 Å². The van der Waals surface area contributed by atoms with Gasteiger partial charge in [0.2, 0.25) is 5.88 Å². The van der Waals surface area contributed by atoms with Crippen LogP contribution in [0.3, 0.4) is 0 Å². The van der Waals surface area contributed by atoms with Crippen molar-refractivity contribution in [1.29, 1.82) is 0 Å². The van der Waals surface area contributed by atoms with E-state index >= 15 is 0 Å². The largest absolute Gasteiger partial charge is 0.477 e. The highest BCUT2D eigenvalue weighted by Gasteiger charge is 2.27. The van der Waals surface area contributed by atoms with Gasteiger partial charge in [0, 0.05) is 17.8 Å². The molecule has 0 saturated carbocycles. The molecule has 0 aromatic carbocycles. The molecule has 90 valence electrons. The molecule has 0 amide bonds. The number of nitrogens with zero attached hydrogens (tertiary/aromatic N) is 1. The first kappa shape index (κ1) is 12.8. The fraction of sp³-hybridized carbons (Fsp3) is 0.500. The minimum atomic E-state index is -4.22. The van der Waals surface area contributed by atoms with Crippen LogP contribution in [0.15, 0.2) is 18.3 Å². The second kappa shape index (κ2) is 5.16. The lowest BCUT2D eigenvalue weighted by molar-refractivity contribution is -0.139. The molecule has 1 rings (SSSR count). The Labute approximate surface area is 91.4 Å². The van der Waals surface area contributed by atoms with Gasteiger partial charge in [0.1, 0.15) is 0 Å². The van der Waals surface area contributed by atoms with Gasteiger partial charge in [-0.05, 0) is 13.0 Å². The third kappa shape index (κ3) is 4.06. The fourth-order valence-corrected chi connectivity index (χ4v) is 1.13. The van der Waals surface area contributed by atoms with Crippen LogP contribution in [0.5, 0.6) is 5.88 Å². The van der Waals surface area contributed by atoms with Crippen LogP contribution in [0.25, 0.3) is 0 Å². The summed E-state index contributed by atoms with van der Waals surface area (Å²) < 4.78 is 40.6. The van der Waals surface area contributed by atoms with Crippen LogP contribution in [-0.2, 0) is 0 Å². The average Bonchev–Trinajstić information content (AvgIpc) is 2.16. The summed E-state index contributed by atoms with van der Waals surface area (Å²) in [5.41, 5.74) is 6.23. The molecule has 0 aliphatic rings. The molecule has 6 heteroatoms. The Balaban J connectivity index is 2.60. The summed E-state index contributed by atoms with van der Waals surface area (Å²) in [7, 11) is 0. The van der Waals surface area contributed by atoms with Crippen LogP contribution < -0.4 is 10.5 Å². The molecule has 0 radical (unpaired) electrons. The first-order valence-electron chi connectivity index (χ1n) is 4.80. The summed E-state index contributed by atoms with van der Waals surface area (Å²) in [5.74, 6) is 0.168. The van der Waals surface area contributed by atoms with Gasteiger partial charge >= 0.3 is 6.18 Å². The number of hydrogen-bond donors (Lipinski definition) is 1. The van der Waals surface area contributed by atoms with E-state index in [0.717, 1.165) is 0 Å². The Kier molecular flexibility index (Phi) is 4.12. The van der Waals surface area contributed by atoms with Crippen LogP contribution in [0.1, 0.15) is 24.9 Å².